The second-order valence-electron chi connectivity index (χ2n) is 5.36. The molecule has 7 nitrogen and oxygen atoms in total. The number of H-pyrrole nitrogens is 1. The molecule has 20 heavy (non-hydrogen) atoms. The van der Waals surface area contributed by atoms with Crippen LogP contribution in [0.4, 0.5) is 0 Å². The summed E-state index contributed by atoms with van der Waals surface area (Å²) in [5, 5.41) is 15.7. The molecule has 0 saturated carbocycles. The standard InChI is InChI=1S/C12H22N4O3S/c1-9-12(11(8-17)14-13-9)20(18,19)16(3)10-5-4-6-15(2)7-10/h10,17H,4-8H2,1-3H3,(H,13,14). The SMILES string of the molecule is Cc1[nH]nc(CO)c1S(=O)(=O)N(C)C1CCCN(C)C1. The van der Waals surface area contributed by atoms with Crippen LogP contribution in [-0.2, 0) is 16.6 Å². The summed E-state index contributed by atoms with van der Waals surface area (Å²) >= 11 is 0. The smallest absolute Gasteiger partial charge is 0.246 e. The Kier molecular flexibility index (Phi) is 4.48. The molecule has 114 valence electrons. The number of hydrogen-bond acceptors (Lipinski definition) is 5. The molecule has 8 heteroatoms. The number of rotatable bonds is 4. The number of likely N-dealkylation sites (N-methyl/N-ethyl adjacent to an activating group) is 2. The molecule has 0 radical (unpaired) electrons. The lowest BCUT2D eigenvalue weighted by Crippen LogP contribution is -2.47. The number of aliphatic hydroxyl groups is 1. The van der Waals surface area contributed by atoms with Gasteiger partial charge in [0.1, 0.15) is 10.6 Å². The van der Waals surface area contributed by atoms with E-state index in [-0.39, 0.29) is 16.6 Å². The predicted octanol–water partition coefficient (Wildman–Crippen LogP) is -0.0749. The maximum Gasteiger partial charge on any atom is 0.246 e. The van der Waals surface area contributed by atoms with Crippen LogP contribution in [-0.4, -0.2) is 66.2 Å². The summed E-state index contributed by atoms with van der Waals surface area (Å²) in [7, 11) is -0.0404. The molecule has 0 aromatic carbocycles. The summed E-state index contributed by atoms with van der Waals surface area (Å²) in [5.74, 6) is 0. The zero-order chi connectivity index (χ0) is 14.9. The second-order valence-corrected chi connectivity index (χ2v) is 7.30. The quantitative estimate of drug-likeness (QED) is 0.812. The topological polar surface area (TPSA) is 89.5 Å². The Morgan fingerprint density at radius 3 is 2.85 bits per heavy atom. The minimum Gasteiger partial charge on any atom is -0.390 e. The van der Waals surface area contributed by atoms with E-state index < -0.39 is 16.6 Å². The van der Waals surface area contributed by atoms with Crippen molar-refractivity contribution in [3.63, 3.8) is 0 Å². The molecular formula is C12H22N4O3S. The van der Waals surface area contributed by atoms with Crippen molar-refractivity contribution in [2.75, 3.05) is 27.2 Å². The Morgan fingerprint density at radius 2 is 2.25 bits per heavy atom. The van der Waals surface area contributed by atoms with E-state index >= 15 is 0 Å². The van der Waals surface area contributed by atoms with E-state index in [4.69, 9.17) is 0 Å². The molecule has 2 heterocycles. The number of likely N-dealkylation sites (tertiary alicyclic amines) is 1. The Morgan fingerprint density at radius 1 is 1.55 bits per heavy atom. The van der Waals surface area contributed by atoms with Crippen molar-refractivity contribution in [2.45, 2.75) is 37.3 Å². The molecule has 2 rings (SSSR count). The summed E-state index contributed by atoms with van der Waals surface area (Å²) in [6.07, 6.45) is 1.84. The number of piperidine rings is 1. The molecule has 1 fully saturated rings. The van der Waals surface area contributed by atoms with Crippen LogP contribution < -0.4 is 0 Å². The summed E-state index contributed by atoms with van der Waals surface area (Å²) in [6.45, 7) is 2.98. The molecular weight excluding hydrogens is 280 g/mol. The van der Waals surface area contributed by atoms with E-state index in [0.717, 1.165) is 25.9 Å². The van der Waals surface area contributed by atoms with Crippen molar-refractivity contribution in [2.24, 2.45) is 0 Å². The van der Waals surface area contributed by atoms with Gasteiger partial charge in [0.15, 0.2) is 0 Å². The molecule has 2 N–H and O–H groups in total. The number of nitrogens with zero attached hydrogens (tertiary/aromatic N) is 3. The molecule has 1 aliphatic rings. The van der Waals surface area contributed by atoms with Crippen molar-refractivity contribution in [3.05, 3.63) is 11.4 Å². The Balaban J connectivity index is 2.31. The van der Waals surface area contributed by atoms with E-state index in [1.165, 1.54) is 4.31 Å². The summed E-state index contributed by atoms with van der Waals surface area (Å²) in [5.41, 5.74) is 0.642. The first kappa shape index (κ1) is 15.4. The van der Waals surface area contributed by atoms with Crippen molar-refractivity contribution >= 4 is 10.0 Å². The fraction of sp³-hybridized carbons (Fsp3) is 0.750. The molecule has 0 bridgehead atoms. The van der Waals surface area contributed by atoms with Gasteiger partial charge in [-0.15, -0.1) is 0 Å². The van der Waals surface area contributed by atoms with Gasteiger partial charge in [0, 0.05) is 19.6 Å². The fourth-order valence-electron chi connectivity index (χ4n) is 2.70. The number of aliphatic hydroxyl groups excluding tert-OH is 1. The fourth-order valence-corrected chi connectivity index (χ4v) is 4.39. The third-order valence-electron chi connectivity index (χ3n) is 3.86. The molecule has 1 aromatic rings. The van der Waals surface area contributed by atoms with Gasteiger partial charge in [-0.1, -0.05) is 0 Å². The van der Waals surface area contributed by atoms with Crippen LogP contribution in [0.25, 0.3) is 0 Å². The van der Waals surface area contributed by atoms with Crippen molar-refractivity contribution in [1.29, 1.82) is 0 Å². The van der Waals surface area contributed by atoms with Gasteiger partial charge >= 0.3 is 0 Å². The molecule has 0 aliphatic carbocycles. The van der Waals surface area contributed by atoms with Crippen LogP contribution >= 0.6 is 0 Å². The van der Waals surface area contributed by atoms with E-state index in [1.807, 2.05) is 7.05 Å². The zero-order valence-electron chi connectivity index (χ0n) is 12.1. The molecule has 1 atom stereocenters. The summed E-state index contributed by atoms with van der Waals surface area (Å²) < 4.78 is 26.9. The number of sulfonamides is 1. The molecule has 1 aliphatic heterocycles. The Labute approximate surface area is 119 Å². The van der Waals surface area contributed by atoms with E-state index in [1.54, 1.807) is 14.0 Å². The van der Waals surface area contributed by atoms with Crippen molar-refractivity contribution in [3.8, 4) is 0 Å². The maximum atomic E-state index is 12.7. The minimum absolute atomic E-state index is 0.0420. The highest BCUT2D eigenvalue weighted by molar-refractivity contribution is 7.89. The number of aromatic amines is 1. The second kappa shape index (κ2) is 5.80. The minimum atomic E-state index is -3.64. The first-order chi connectivity index (χ1) is 9.37. The number of aryl methyl sites for hydroxylation is 1. The van der Waals surface area contributed by atoms with Crippen LogP contribution in [0.15, 0.2) is 4.90 Å². The molecule has 0 spiro atoms. The summed E-state index contributed by atoms with van der Waals surface area (Å²) in [6, 6.07) is -0.0420. The van der Waals surface area contributed by atoms with Crippen LogP contribution in [0.3, 0.4) is 0 Å². The molecule has 1 saturated heterocycles. The third-order valence-corrected chi connectivity index (χ3v) is 5.98. The lowest BCUT2D eigenvalue weighted by Gasteiger charge is -2.35. The van der Waals surface area contributed by atoms with Crippen LogP contribution in [0.5, 0.6) is 0 Å². The van der Waals surface area contributed by atoms with Gasteiger partial charge in [-0.2, -0.15) is 9.40 Å². The monoisotopic (exact) mass is 302 g/mol. The van der Waals surface area contributed by atoms with E-state index in [0.29, 0.717) is 5.69 Å². The molecule has 1 aromatic heterocycles. The van der Waals surface area contributed by atoms with Gasteiger partial charge in [-0.25, -0.2) is 8.42 Å². The average Bonchev–Trinajstić information content (AvgIpc) is 2.79. The lowest BCUT2D eigenvalue weighted by molar-refractivity contribution is 0.187. The van der Waals surface area contributed by atoms with Gasteiger partial charge in [0.05, 0.1) is 12.3 Å². The van der Waals surface area contributed by atoms with Gasteiger partial charge < -0.3 is 10.0 Å². The first-order valence-electron chi connectivity index (χ1n) is 6.69. The first-order valence-corrected chi connectivity index (χ1v) is 8.13. The number of hydrogen-bond donors (Lipinski definition) is 2. The van der Waals surface area contributed by atoms with Gasteiger partial charge in [-0.05, 0) is 33.4 Å². The normalized spacial score (nSPS) is 21.6. The lowest BCUT2D eigenvalue weighted by atomic mass is 10.1. The Bertz CT molecular complexity index is 569. The highest BCUT2D eigenvalue weighted by Crippen LogP contribution is 2.25. The number of nitrogens with one attached hydrogen (secondary N) is 1. The average molecular weight is 302 g/mol. The van der Waals surface area contributed by atoms with Crippen LogP contribution in [0, 0.1) is 6.92 Å². The van der Waals surface area contributed by atoms with E-state index in [2.05, 4.69) is 15.1 Å². The predicted molar refractivity (Wildman–Crippen MR) is 74.7 cm³/mol. The largest absolute Gasteiger partial charge is 0.390 e. The van der Waals surface area contributed by atoms with E-state index in [9.17, 15) is 13.5 Å². The van der Waals surface area contributed by atoms with Crippen molar-refractivity contribution < 1.29 is 13.5 Å². The van der Waals surface area contributed by atoms with Crippen LogP contribution in [0.1, 0.15) is 24.2 Å². The van der Waals surface area contributed by atoms with Gasteiger partial charge in [0.25, 0.3) is 0 Å². The third kappa shape index (κ3) is 2.73. The highest BCUT2D eigenvalue weighted by atomic mass is 32.2. The van der Waals surface area contributed by atoms with Gasteiger partial charge in [0.2, 0.25) is 10.0 Å². The van der Waals surface area contributed by atoms with Gasteiger partial charge in [-0.3, -0.25) is 5.10 Å². The number of aromatic nitrogens is 2. The Hall–Kier alpha value is -0.960. The molecule has 1 unspecified atom stereocenters. The zero-order valence-corrected chi connectivity index (χ0v) is 12.9. The highest BCUT2D eigenvalue weighted by Gasteiger charge is 2.34. The van der Waals surface area contributed by atoms with Crippen LogP contribution in [0.2, 0.25) is 0 Å². The summed E-state index contributed by atoms with van der Waals surface area (Å²) in [4.78, 5) is 2.24. The maximum absolute atomic E-state index is 12.7. The van der Waals surface area contributed by atoms with Crippen molar-refractivity contribution in [1.82, 2.24) is 19.4 Å². The molecule has 0 amide bonds.